The fraction of sp³-hybridized carbons (Fsp3) is 0.185. The predicted molar refractivity (Wildman–Crippen MR) is 132 cm³/mol. The molecule has 35 heavy (non-hydrogen) atoms. The van der Waals surface area contributed by atoms with Crippen molar-refractivity contribution in [3.8, 4) is 5.75 Å². The Morgan fingerprint density at radius 3 is 2.29 bits per heavy atom. The number of imide groups is 1. The highest BCUT2D eigenvalue weighted by atomic mass is 16.5. The van der Waals surface area contributed by atoms with Gasteiger partial charge in [0.25, 0.3) is 17.7 Å². The van der Waals surface area contributed by atoms with E-state index < -0.39 is 17.7 Å². The number of rotatable bonds is 7. The quantitative estimate of drug-likeness (QED) is 0.527. The summed E-state index contributed by atoms with van der Waals surface area (Å²) in [5, 5.41) is 2.75. The highest BCUT2D eigenvalue weighted by Crippen LogP contribution is 2.31. The summed E-state index contributed by atoms with van der Waals surface area (Å²) in [6.07, 6.45) is 0. The molecule has 8 heteroatoms. The Kier molecular flexibility index (Phi) is 6.64. The molecule has 178 valence electrons. The van der Waals surface area contributed by atoms with Crippen LogP contribution in [0.2, 0.25) is 0 Å². The minimum Gasteiger partial charge on any atom is -0.497 e. The van der Waals surface area contributed by atoms with Crippen molar-refractivity contribution in [1.82, 2.24) is 4.90 Å². The standard InChI is InChI=1S/C27H25N3O5/c1-4-29(16-24(31)28-19-10-12-20(35-3)13-11-19)25(32)18-9-14-21-22(15-18)27(34)30(26(21)33)23-8-6-5-7-17(23)2/h5-15H,4,16H2,1-3H3,(H,28,31). The van der Waals surface area contributed by atoms with E-state index in [4.69, 9.17) is 4.74 Å². The Labute approximate surface area is 203 Å². The Morgan fingerprint density at radius 1 is 0.943 bits per heavy atom. The van der Waals surface area contributed by atoms with Gasteiger partial charge in [0, 0.05) is 17.8 Å². The average molecular weight is 472 g/mol. The molecule has 3 aromatic carbocycles. The molecule has 1 aliphatic heterocycles. The van der Waals surface area contributed by atoms with Crippen molar-refractivity contribution < 1.29 is 23.9 Å². The Hall–Kier alpha value is -4.46. The number of carbonyl (C=O) groups excluding carboxylic acids is 4. The van der Waals surface area contributed by atoms with Gasteiger partial charge in [-0.2, -0.15) is 0 Å². The molecule has 1 N–H and O–H groups in total. The van der Waals surface area contributed by atoms with E-state index in [1.54, 1.807) is 50.4 Å². The van der Waals surface area contributed by atoms with Gasteiger partial charge in [-0.3, -0.25) is 19.2 Å². The molecule has 0 saturated carbocycles. The molecule has 4 amide bonds. The highest BCUT2D eigenvalue weighted by molar-refractivity contribution is 6.35. The summed E-state index contributed by atoms with van der Waals surface area (Å²) in [4.78, 5) is 54.3. The summed E-state index contributed by atoms with van der Waals surface area (Å²) in [6.45, 7) is 3.71. The SMILES string of the molecule is CCN(CC(=O)Nc1ccc(OC)cc1)C(=O)c1ccc2c(c1)C(=O)N(c1ccccc1C)C2=O. The first kappa shape index (κ1) is 23.7. The minimum absolute atomic E-state index is 0.166. The first-order valence-corrected chi connectivity index (χ1v) is 11.2. The van der Waals surface area contributed by atoms with Gasteiger partial charge in [-0.25, -0.2) is 4.90 Å². The number of aryl methyl sites for hydroxylation is 1. The van der Waals surface area contributed by atoms with Crippen molar-refractivity contribution >= 4 is 35.0 Å². The number of hydrogen-bond acceptors (Lipinski definition) is 5. The molecule has 0 aliphatic carbocycles. The molecule has 8 nitrogen and oxygen atoms in total. The van der Waals surface area contributed by atoms with Gasteiger partial charge in [0.1, 0.15) is 12.3 Å². The van der Waals surface area contributed by atoms with Crippen LogP contribution < -0.4 is 15.0 Å². The summed E-state index contributed by atoms with van der Waals surface area (Å²) < 4.78 is 5.11. The molecule has 0 unspecified atom stereocenters. The van der Waals surface area contributed by atoms with Gasteiger partial charge in [-0.1, -0.05) is 18.2 Å². The smallest absolute Gasteiger partial charge is 0.266 e. The molecule has 1 aliphatic rings. The van der Waals surface area contributed by atoms with Crippen molar-refractivity contribution in [3.63, 3.8) is 0 Å². The number of para-hydroxylation sites is 1. The number of anilines is 2. The molecule has 1 heterocycles. The van der Waals surface area contributed by atoms with E-state index in [1.807, 2.05) is 19.1 Å². The second-order valence-corrected chi connectivity index (χ2v) is 8.09. The van der Waals surface area contributed by atoms with Crippen LogP contribution in [0.15, 0.2) is 66.7 Å². The summed E-state index contributed by atoms with van der Waals surface area (Å²) in [5.74, 6) is -1.00. The molecule has 0 bridgehead atoms. The van der Waals surface area contributed by atoms with Gasteiger partial charge < -0.3 is 15.0 Å². The number of nitrogens with one attached hydrogen (secondary N) is 1. The summed E-state index contributed by atoms with van der Waals surface area (Å²) >= 11 is 0. The second-order valence-electron chi connectivity index (χ2n) is 8.09. The van der Waals surface area contributed by atoms with Gasteiger partial charge in [-0.15, -0.1) is 0 Å². The minimum atomic E-state index is -0.478. The van der Waals surface area contributed by atoms with Crippen LogP contribution in [0.3, 0.4) is 0 Å². The van der Waals surface area contributed by atoms with E-state index in [-0.39, 0.29) is 35.7 Å². The van der Waals surface area contributed by atoms with Crippen LogP contribution in [0, 0.1) is 6.92 Å². The number of fused-ring (bicyclic) bond motifs is 1. The number of amides is 4. The van der Waals surface area contributed by atoms with E-state index in [9.17, 15) is 19.2 Å². The molecule has 3 aromatic rings. The molecule has 0 aromatic heterocycles. The van der Waals surface area contributed by atoms with Crippen LogP contribution in [0.1, 0.15) is 43.6 Å². The molecule has 0 spiro atoms. The van der Waals surface area contributed by atoms with E-state index in [0.717, 1.165) is 10.5 Å². The third-order valence-corrected chi connectivity index (χ3v) is 5.87. The normalized spacial score (nSPS) is 12.4. The van der Waals surface area contributed by atoms with Gasteiger partial charge in [0.2, 0.25) is 5.91 Å². The van der Waals surface area contributed by atoms with Crippen molar-refractivity contribution in [2.45, 2.75) is 13.8 Å². The lowest BCUT2D eigenvalue weighted by Crippen LogP contribution is -2.38. The number of carbonyl (C=O) groups is 4. The second kappa shape index (κ2) is 9.80. The molecule has 0 saturated heterocycles. The lowest BCUT2D eigenvalue weighted by molar-refractivity contribution is -0.116. The van der Waals surface area contributed by atoms with Gasteiger partial charge in [-0.05, 0) is 67.9 Å². The molecule has 0 atom stereocenters. The zero-order valence-electron chi connectivity index (χ0n) is 19.7. The van der Waals surface area contributed by atoms with Crippen molar-refractivity contribution in [1.29, 1.82) is 0 Å². The first-order valence-electron chi connectivity index (χ1n) is 11.2. The van der Waals surface area contributed by atoms with Gasteiger partial charge in [0.15, 0.2) is 0 Å². The third kappa shape index (κ3) is 4.63. The first-order chi connectivity index (χ1) is 16.8. The average Bonchev–Trinajstić information content (AvgIpc) is 3.12. The maximum Gasteiger partial charge on any atom is 0.266 e. The number of ether oxygens (including phenoxy) is 1. The maximum absolute atomic E-state index is 13.2. The van der Waals surface area contributed by atoms with Crippen molar-refractivity contribution in [3.05, 3.63) is 89.0 Å². The summed E-state index contributed by atoms with van der Waals surface area (Å²) in [6, 6.07) is 18.4. The number of hydrogen-bond donors (Lipinski definition) is 1. The molecular formula is C27H25N3O5. The van der Waals surface area contributed by atoms with Crippen LogP contribution >= 0.6 is 0 Å². The van der Waals surface area contributed by atoms with Crippen molar-refractivity contribution in [2.24, 2.45) is 0 Å². The monoisotopic (exact) mass is 471 g/mol. The van der Waals surface area contributed by atoms with Crippen LogP contribution in [0.25, 0.3) is 0 Å². The number of benzene rings is 3. The van der Waals surface area contributed by atoms with E-state index in [2.05, 4.69) is 5.32 Å². The molecule has 0 radical (unpaired) electrons. The zero-order valence-corrected chi connectivity index (χ0v) is 19.7. The third-order valence-electron chi connectivity index (χ3n) is 5.87. The van der Waals surface area contributed by atoms with Crippen LogP contribution in [-0.4, -0.2) is 48.7 Å². The van der Waals surface area contributed by atoms with E-state index in [0.29, 0.717) is 17.1 Å². The topological polar surface area (TPSA) is 96.0 Å². The molecular weight excluding hydrogens is 446 g/mol. The van der Waals surface area contributed by atoms with E-state index >= 15 is 0 Å². The Balaban J connectivity index is 1.51. The lowest BCUT2D eigenvalue weighted by atomic mass is 10.0. The fourth-order valence-electron chi connectivity index (χ4n) is 3.96. The van der Waals surface area contributed by atoms with E-state index in [1.165, 1.54) is 23.1 Å². The summed E-state index contributed by atoms with van der Waals surface area (Å²) in [7, 11) is 1.56. The molecule has 4 rings (SSSR count). The van der Waals surface area contributed by atoms with Crippen molar-refractivity contribution in [2.75, 3.05) is 30.4 Å². The Bertz CT molecular complexity index is 1320. The zero-order chi connectivity index (χ0) is 25.1. The number of nitrogens with zero attached hydrogens (tertiary/aromatic N) is 2. The number of likely N-dealkylation sites (N-methyl/N-ethyl adjacent to an activating group) is 1. The molecule has 0 fully saturated rings. The summed E-state index contributed by atoms with van der Waals surface area (Å²) in [5.41, 5.74) is 2.53. The largest absolute Gasteiger partial charge is 0.497 e. The fourth-order valence-corrected chi connectivity index (χ4v) is 3.96. The highest BCUT2D eigenvalue weighted by Gasteiger charge is 2.38. The van der Waals surface area contributed by atoms with Gasteiger partial charge >= 0.3 is 0 Å². The predicted octanol–water partition coefficient (Wildman–Crippen LogP) is 3.91. The van der Waals surface area contributed by atoms with Gasteiger partial charge in [0.05, 0.1) is 23.9 Å². The van der Waals surface area contributed by atoms with Crippen LogP contribution in [-0.2, 0) is 4.79 Å². The van der Waals surface area contributed by atoms with Crippen LogP contribution in [0.5, 0.6) is 5.75 Å². The Morgan fingerprint density at radius 2 is 1.63 bits per heavy atom. The maximum atomic E-state index is 13.2. The lowest BCUT2D eigenvalue weighted by Gasteiger charge is -2.20. The number of methoxy groups -OCH3 is 1. The van der Waals surface area contributed by atoms with Crippen LogP contribution in [0.4, 0.5) is 11.4 Å².